The summed E-state index contributed by atoms with van der Waals surface area (Å²) in [5, 5.41) is 6.16. The van der Waals surface area contributed by atoms with Crippen LogP contribution in [0.5, 0.6) is 0 Å². The van der Waals surface area contributed by atoms with Gasteiger partial charge < -0.3 is 0 Å². The van der Waals surface area contributed by atoms with Gasteiger partial charge in [-0.1, -0.05) is 0 Å². The van der Waals surface area contributed by atoms with Crippen molar-refractivity contribution in [1.82, 2.24) is 10.6 Å². The molecule has 4 nitrogen and oxygen atoms in total. The van der Waals surface area contributed by atoms with Crippen molar-refractivity contribution in [3.05, 3.63) is 91.0 Å². The summed E-state index contributed by atoms with van der Waals surface area (Å²) in [6, 6.07) is 30.6. The van der Waals surface area contributed by atoms with E-state index in [0.29, 0.717) is 0 Å². The summed E-state index contributed by atoms with van der Waals surface area (Å²) < 4.78 is 3.14. The molecule has 0 heterocycles. The number of hydrogen-bond donors (Lipinski definition) is 2. The number of hydrogen-bond acceptors (Lipinski definition) is 4. The van der Waals surface area contributed by atoms with Crippen molar-refractivity contribution in [3.63, 3.8) is 0 Å². The summed E-state index contributed by atoms with van der Waals surface area (Å²) in [6.07, 6.45) is 1.67. The number of carbonyl (C=O) groups excluding carboxylic acids is 2. The van der Waals surface area contributed by atoms with Gasteiger partial charge in [-0.15, -0.1) is 0 Å². The van der Waals surface area contributed by atoms with Crippen LogP contribution < -0.4 is 21.2 Å². The third-order valence-corrected chi connectivity index (χ3v) is 38.3. The van der Waals surface area contributed by atoms with Crippen LogP contribution in [0.4, 0.5) is 9.59 Å². The van der Waals surface area contributed by atoms with E-state index < -0.39 is 14.6 Å². The molecule has 3 rings (SSSR count). The van der Waals surface area contributed by atoms with E-state index in [0.717, 1.165) is 23.4 Å². The first-order chi connectivity index (χ1) is 16.8. The molecule has 0 spiro atoms. The number of benzene rings is 3. The molecule has 0 saturated heterocycles. The first kappa shape index (κ1) is 27.7. The molecule has 186 valence electrons. The van der Waals surface area contributed by atoms with E-state index in [1.165, 1.54) is 17.7 Å². The predicted octanol–water partition coefficient (Wildman–Crippen LogP) is 5.59. The molecule has 0 saturated carbocycles. The molecule has 7 heteroatoms. The first-order valence-corrected chi connectivity index (χ1v) is 23.7. The van der Waals surface area contributed by atoms with E-state index in [1.54, 1.807) is 0 Å². The minimum absolute atomic E-state index is 0.0378. The molecule has 0 aliphatic heterocycles. The third-order valence-electron chi connectivity index (χ3n) is 6.14. The second kappa shape index (κ2) is 12.4. The van der Waals surface area contributed by atoms with Crippen LogP contribution in [-0.2, 0) is 0 Å². The summed E-state index contributed by atoms with van der Waals surface area (Å²) in [5.41, 5.74) is 0. The molecule has 2 N–H and O–H groups in total. The van der Waals surface area contributed by atoms with Gasteiger partial charge in [-0.2, -0.15) is 0 Å². The second-order valence-corrected chi connectivity index (χ2v) is 34.1. The van der Waals surface area contributed by atoms with E-state index in [2.05, 4.69) is 60.9 Å². The van der Waals surface area contributed by atoms with Gasteiger partial charge in [-0.3, -0.25) is 0 Å². The maximum absolute atomic E-state index is 13.8. The second-order valence-electron chi connectivity index (χ2n) is 8.63. The van der Waals surface area contributed by atoms with Gasteiger partial charge in [0.1, 0.15) is 0 Å². The zero-order valence-corrected chi connectivity index (χ0v) is 25.0. The molecule has 2 unspecified atom stereocenters. The molecule has 0 aliphatic rings. The average Bonchev–Trinajstić information content (AvgIpc) is 2.89. The molecule has 3 aromatic rings. The van der Waals surface area contributed by atoms with Crippen molar-refractivity contribution in [2.45, 2.75) is 52.6 Å². The summed E-state index contributed by atoms with van der Waals surface area (Å²) in [5.74, 6) is 0. The van der Waals surface area contributed by atoms with Gasteiger partial charge in [0.2, 0.25) is 0 Å². The Morgan fingerprint density at radius 2 is 0.914 bits per heavy atom. The van der Waals surface area contributed by atoms with Crippen molar-refractivity contribution in [2.75, 3.05) is 0 Å². The first-order valence-electron chi connectivity index (χ1n) is 12.0. The van der Waals surface area contributed by atoms with Crippen molar-refractivity contribution in [3.8, 4) is 0 Å². The van der Waals surface area contributed by atoms with Crippen LogP contribution in [-0.4, -0.2) is 37.2 Å². The molecular formula is C28H35N2O2S2Sb. The molecule has 0 radical (unpaired) electrons. The van der Waals surface area contributed by atoms with Crippen LogP contribution in [0.25, 0.3) is 0 Å². The Labute approximate surface area is 215 Å². The summed E-state index contributed by atoms with van der Waals surface area (Å²) in [4.78, 5) is 27.5. The Hall–Kier alpha value is -1.88. The monoisotopic (exact) mass is 616 g/mol. The fraction of sp³-hybridized carbons (Fsp3) is 0.286. The topological polar surface area (TPSA) is 58.2 Å². The van der Waals surface area contributed by atoms with Crippen molar-refractivity contribution < 1.29 is 9.59 Å². The zero-order chi connectivity index (χ0) is 25.3. The minimum atomic E-state index is -4.95. The fourth-order valence-corrected chi connectivity index (χ4v) is 34.8. The number of rotatable bonds is 9. The molecule has 0 fully saturated rings. The van der Waals surface area contributed by atoms with Crippen molar-refractivity contribution in [2.24, 2.45) is 0 Å². The van der Waals surface area contributed by atoms with E-state index in [4.69, 9.17) is 0 Å². The van der Waals surface area contributed by atoms with E-state index in [-0.39, 0.29) is 22.6 Å². The fourth-order valence-electron chi connectivity index (χ4n) is 3.85. The summed E-state index contributed by atoms with van der Waals surface area (Å²) in [7, 11) is 2.72. The van der Waals surface area contributed by atoms with Crippen LogP contribution in [0.2, 0.25) is 0 Å². The SMILES string of the molecule is CCC(C)NC(=O)[S][Sb]([S]C(=O)NC(C)CC)([c]1ccccc1)([c]1ccccc1)[c]1ccccc1. The average molecular weight is 617 g/mol. The van der Waals surface area contributed by atoms with Gasteiger partial charge in [0.15, 0.2) is 0 Å². The van der Waals surface area contributed by atoms with Crippen LogP contribution >= 0.6 is 17.7 Å². The Morgan fingerprint density at radius 3 is 1.17 bits per heavy atom. The molecule has 0 aliphatic carbocycles. The van der Waals surface area contributed by atoms with Crippen LogP contribution in [0.1, 0.15) is 40.5 Å². The normalized spacial score (nSPS) is 14.2. The van der Waals surface area contributed by atoms with Crippen LogP contribution in [0, 0.1) is 0 Å². The van der Waals surface area contributed by atoms with E-state index in [1.807, 2.05) is 68.4 Å². The maximum atomic E-state index is 13.8. The predicted molar refractivity (Wildman–Crippen MR) is 156 cm³/mol. The summed E-state index contributed by atoms with van der Waals surface area (Å²) >= 11 is -4.95. The standard InChI is InChI=1S/3C6H5.2C5H11NOS.Sb/c3*1-2-4-6-5-3-1;2*1-3-4(2)6-5(7)8;/h3*1-5H;2*4H,3H2,1-2H3,(H2,6,7,8);/q;;;;;+2/p-2. The quantitative estimate of drug-likeness (QED) is 0.308. The van der Waals surface area contributed by atoms with Gasteiger partial charge in [0.25, 0.3) is 0 Å². The molecule has 3 aromatic carbocycles. The molecule has 2 atom stereocenters. The van der Waals surface area contributed by atoms with Gasteiger partial charge in [0.05, 0.1) is 0 Å². The number of carbonyl (C=O) groups is 2. The number of nitrogens with one attached hydrogen (secondary N) is 2. The zero-order valence-electron chi connectivity index (χ0n) is 20.8. The Balaban J connectivity index is 2.40. The Kier molecular flexibility index (Phi) is 9.80. The number of amides is 2. The van der Waals surface area contributed by atoms with Crippen molar-refractivity contribution in [1.29, 1.82) is 0 Å². The van der Waals surface area contributed by atoms with Gasteiger partial charge in [-0.05, 0) is 0 Å². The molecular weight excluding hydrogens is 582 g/mol. The van der Waals surface area contributed by atoms with Gasteiger partial charge in [-0.25, -0.2) is 0 Å². The van der Waals surface area contributed by atoms with Gasteiger partial charge >= 0.3 is 217 Å². The van der Waals surface area contributed by atoms with Crippen LogP contribution in [0.3, 0.4) is 0 Å². The van der Waals surface area contributed by atoms with Crippen molar-refractivity contribution >= 4 is 53.3 Å². The third kappa shape index (κ3) is 5.93. The molecule has 35 heavy (non-hydrogen) atoms. The Bertz CT molecular complexity index is 984. The molecule has 2 amide bonds. The molecule has 0 aromatic heterocycles. The van der Waals surface area contributed by atoms with Gasteiger partial charge in [0, 0.05) is 0 Å². The molecule has 0 bridgehead atoms. The summed E-state index contributed by atoms with van der Waals surface area (Å²) in [6.45, 7) is 8.14. The van der Waals surface area contributed by atoms with Crippen LogP contribution in [0.15, 0.2) is 91.0 Å². The Morgan fingerprint density at radius 1 is 0.629 bits per heavy atom. The van der Waals surface area contributed by atoms with E-state index in [9.17, 15) is 9.59 Å². The van der Waals surface area contributed by atoms with E-state index >= 15 is 0 Å².